The first-order chi connectivity index (χ1) is 6.83. The van der Waals surface area contributed by atoms with Gasteiger partial charge in [-0.2, -0.15) is 0 Å². The fourth-order valence-electron chi connectivity index (χ4n) is 1.46. The molecule has 0 spiro atoms. The normalized spacial score (nSPS) is 30.6. The van der Waals surface area contributed by atoms with E-state index in [1.54, 1.807) is 27.9 Å². The quantitative estimate of drug-likeness (QED) is 0.713. The van der Waals surface area contributed by atoms with Gasteiger partial charge in [0.2, 0.25) is 0 Å². The van der Waals surface area contributed by atoms with Gasteiger partial charge < -0.3 is 19.9 Å². The minimum absolute atomic E-state index is 0.118. The van der Waals surface area contributed by atoms with E-state index in [-0.39, 0.29) is 12.1 Å². The molecular weight excluding hydrogens is 198 g/mol. The van der Waals surface area contributed by atoms with Crippen molar-refractivity contribution in [1.82, 2.24) is 5.32 Å². The molecule has 0 aliphatic heterocycles. The lowest BCUT2D eigenvalue weighted by Gasteiger charge is -2.40. The number of aliphatic hydroxyl groups is 1. The van der Waals surface area contributed by atoms with Crippen LogP contribution < -0.4 is 5.32 Å². The third-order valence-corrected chi connectivity index (χ3v) is 2.28. The number of amides is 1. The highest BCUT2D eigenvalue weighted by Gasteiger charge is 2.41. The molecule has 2 N–H and O–H groups in total. The molecule has 1 saturated carbocycles. The van der Waals surface area contributed by atoms with Crippen LogP contribution in [0.1, 0.15) is 27.2 Å². The summed E-state index contributed by atoms with van der Waals surface area (Å²) in [6.07, 6.45) is -0.625. The Morgan fingerprint density at radius 2 is 2.07 bits per heavy atom. The maximum Gasteiger partial charge on any atom is 0.408 e. The van der Waals surface area contributed by atoms with E-state index in [0.717, 1.165) is 0 Å². The van der Waals surface area contributed by atoms with E-state index in [0.29, 0.717) is 6.42 Å². The third kappa shape index (κ3) is 3.35. The van der Waals surface area contributed by atoms with Crippen molar-refractivity contribution >= 4 is 6.09 Å². The van der Waals surface area contributed by atoms with Crippen molar-refractivity contribution in [3.8, 4) is 0 Å². The number of hydrogen-bond donors (Lipinski definition) is 2. The van der Waals surface area contributed by atoms with Crippen molar-refractivity contribution in [3.05, 3.63) is 0 Å². The standard InChI is InChI=1S/C10H19NO4/c1-10(2,3)15-9(13)11-8-6(12)5-7(8)14-4/h6-8,12H,5H2,1-4H3,(H,11,13)/t6-,7-,8+/m1/s1. The lowest BCUT2D eigenvalue weighted by atomic mass is 9.85. The molecule has 0 saturated heterocycles. The highest BCUT2D eigenvalue weighted by atomic mass is 16.6. The summed E-state index contributed by atoms with van der Waals surface area (Å²) in [5.41, 5.74) is -0.526. The number of methoxy groups -OCH3 is 1. The summed E-state index contributed by atoms with van der Waals surface area (Å²) in [7, 11) is 1.56. The Morgan fingerprint density at radius 1 is 1.47 bits per heavy atom. The summed E-state index contributed by atoms with van der Waals surface area (Å²) in [5.74, 6) is 0. The molecule has 0 aromatic heterocycles. The van der Waals surface area contributed by atoms with Crippen LogP contribution in [-0.2, 0) is 9.47 Å². The number of alkyl carbamates (subject to hydrolysis) is 1. The Balaban J connectivity index is 2.38. The van der Waals surface area contributed by atoms with E-state index < -0.39 is 17.8 Å². The third-order valence-electron chi connectivity index (χ3n) is 2.28. The van der Waals surface area contributed by atoms with Crippen LogP contribution in [0.2, 0.25) is 0 Å². The van der Waals surface area contributed by atoms with Crippen LogP contribution in [0.25, 0.3) is 0 Å². The molecule has 0 unspecified atom stereocenters. The van der Waals surface area contributed by atoms with Crippen LogP contribution in [0.4, 0.5) is 4.79 Å². The van der Waals surface area contributed by atoms with Crippen LogP contribution in [0, 0.1) is 0 Å². The van der Waals surface area contributed by atoms with Gasteiger partial charge in [-0.05, 0) is 20.8 Å². The lowest BCUT2D eigenvalue weighted by molar-refractivity contribution is -0.0849. The molecule has 15 heavy (non-hydrogen) atoms. The summed E-state index contributed by atoms with van der Waals surface area (Å²) in [6, 6.07) is -0.357. The van der Waals surface area contributed by atoms with Gasteiger partial charge in [0, 0.05) is 13.5 Å². The second-order valence-electron chi connectivity index (χ2n) is 4.75. The number of aliphatic hydroxyl groups excluding tert-OH is 1. The number of carbonyl (C=O) groups excluding carboxylic acids is 1. The fourth-order valence-corrected chi connectivity index (χ4v) is 1.46. The van der Waals surface area contributed by atoms with Crippen LogP contribution in [-0.4, -0.2) is 42.2 Å². The molecule has 5 heteroatoms. The Kier molecular flexibility index (Phi) is 3.57. The monoisotopic (exact) mass is 217 g/mol. The van der Waals surface area contributed by atoms with Crippen LogP contribution in [0.5, 0.6) is 0 Å². The van der Waals surface area contributed by atoms with Gasteiger partial charge in [-0.25, -0.2) is 4.79 Å². The van der Waals surface area contributed by atoms with Gasteiger partial charge in [-0.3, -0.25) is 0 Å². The fraction of sp³-hybridized carbons (Fsp3) is 0.900. The number of carbonyl (C=O) groups is 1. The smallest absolute Gasteiger partial charge is 0.408 e. The first-order valence-electron chi connectivity index (χ1n) is 5.04. The maximum atomic E-state index is 11.4. The minimum Gasteiger partial charge on any atom is -0.444 e. The average molecular weight is 217 g/mol. The molecule has 0 aromatic rings. The minimum atomic E-state index is -0.539. The average Bonchev–Trinajstić information content (AvgIpc) is 2.07. The van der Waals surface area contributed by atoms with Gasteiger partial charge in [0.1, 0.15) is 5.60 Å². The number of ether oxygens (including phenoxy) is 2. The first kappa shape index (κ1) is 12.3. The van der Waals surface area contributed by atoms with E-state index in [4.69, 9.17) is 9.47 Å². The largest absolute Gasteiger partial charge is 0.444 e. The van der Waals surface area contributed by atoms with E-state index >= 15 is 0 Å². The highest BCUT2D eigenvalue weighted by Crippen LogP contribution is 2.23. The second-order valence-corrected chi connectivity index (χ2v) is 4.75. The van der Waals surface area contributed by atoms with Crippen molar-refractivity contribution in [2.24, 2.45) is 0 Å². The Bertz CT molecular complexity index is 236. The maximum absolute atomic E-state index is 11.4. The Labute approximate surface area is 89.8 Å². The number of hydrogen-bond acceptors (Lipinski definition) is 4. The van der Waals surface area contributed by atoms with E-state index in [1.807, 2.05) is 0 Å². The van der Waals surface area contributed by atoms with E-state index in [9.17, 15) is 9.90 Å². The Morgan fingerprint density at radius 3 is 2.47 bits per heavy atom. The summed E-state index contributed by atoms with van der Waals surface area (Å²) < 4.78 is 10.1. The first-order valence-corrected chi connectivity index (χ1v) is 5.04. The van der Waals surface area contributed by atoms with Crippen molar-refractivity contribution in [3.63, 3.8) is 0 Å². The number of rotatable bonds is 2. The molecule has 1 aliphatic carbocycles. The zero-order chi connectivity index (χ0) is 11.6. The van der Waals surface area contributed by atoms with E-state index in [2.05, 4.69) is 5.32 Å². The molecule has 3 atom stereocenters. The molecule has 0 heterocycles. The van der Waals surface area contributed by atoms with Crippen LogP contribution in [0.3, 0.4) is 0 Å². The van der Waals surface area contributed by atoms with Gasteiger partial charge in [-0.1, -0.05) is 0 Å². The van der Waals surface area contributed by atoms with Crippen molar-refractivity contribution in [1.29, 1.82) is 0 Å². The van der Waals surface area contributed by atoms with Crippen molar-refractivity contribution < 1.29 is 19.4 Å². The van der Waals surface area contributed by atoms with Gasteiger partial charge in [0.05, 0.1) is 18.2 Å². The van der Waals surface area contributed by atoms with Crippen molar-refractivity contribution in [2.75, 3.05) is 7.11 Å². The SMILES string of the molecule is CO[C@@H]1C[C@@H](O)[C@@H]1NC(=O)OC(C)(C)C. The molecule has 1 amide bonds. The molecule has 1 rings (SSSR count). The van der Waals surface area contributed by atoms with Crippen LogP contribution >= 0.6 is 0 Å². The molecular formula is C10H19NO4. The zero-order valence-electron chi connectivity index (χ0n) is 9.61. The molecule has 0 aromatic carbocycles. The molecule has 88 valence electrons. The number of nitrogens with one attached hydrogen (secondary N) is 1. The van der Waals surface area contributed by atoms with Gasteiger partial charge in [-0.15, -0.1) is 0 Å². The van der Waals surface area contributed by atoms with Gasteiger partial charge >= 0.3 is 6.09 Å². The predicted molar refractivity (Wildman–Crippen MR) is 54.6 cm³/mol. The zero-order valence-corrected chi connectivity index (χ0v) is 9.61. The summed E-state index contributed by atoms with van der Waals surface area (Å²) in [5, 5.41) is 12.0. The molecule has 0 radical (unpaired) electrons. The summed E-state index contributed by atoms with van der Waals surface area (Å²) >= 11 is 0. The predicted octanol–water partition coefficient (Wildman–Crippen LogP) is 0.659. The molecule has 1 aliphatic rings. The molecule has 5 nitrogen and oxygen atoms in total. The van der Waals surface area contributed by atoms with Gasteiger partial charge in [0.25, 0.3) is 0 Å². The lowest BCUT2D eigenvalue weighted by Crippen LogP contribution is -2.61. The second kappa shape index (κ2) is 4.37. The van der Waals surface area contributed by atoms with Gasteiger partial charge in [0.15, 0.2) is 0 Å². The molecule has 0 bridgehead atoms. The van der Waals surface area contributed by atoms with Crippen molar-refractivity contribution in [2.45, 2.75) is 51.0 Å². The van der Waals surface area contributed by atoms with E-state index in [1.165, 1.54) is 0 Å². The van der Waals surface area contributed by atoms with Crippen LogP contribution in [0.15, 0.2) is 0 Å². The summed E-state index contributed by atoms with van der Waals surface area (Å²) in [6.45, 7) is 5.37. The topological polar surface area (TPSA) is 67.8 Å². The molecule has 1 fully saturated rings. The highest BCUT2D eigenvalue weighted by molar-refractivity contribution is 5.68. The Hall–Kier alpha value is -0.810. The summed E-state index contributed by atoms with van der Waals surface area (Å²) in [4.78, 5) is 11.4.